The Balaban J connectivity index is 1.17. The third-order valence-electron chi connectivity index (χ3n) is 6.44. The molecule has 3 N–H and O–H groups in total. The number of carbonyl (C=O) groups is 2. The standard InChI is InChI=1S/C25H29Cl2N3O4/c26-19-6-1-7-20(27)22(19)24(31)30-21(25(32)33)14-15-12-18(13-15)34-11-3-5-17-9-8-16-4-2-10-28-23(16)29-17/h1,6-9,15,18,21H,2-5,10-14H2,(H,28,29)(H,30,31)(H,32,33). The SMILES string of the molecule is O=C(NC(CC1CC(OCCCc2ccc3c(n2)NCCC3)C1)C(=O)O)c1c(Cl)cccc1Cl. The summed E-state index contributed by atoms with van der Waals surface area (Å²) in [5, 5.41) is 15.9. The molecule has 1 atom stereocenters. The molecule has 1 aliphatic carbocycles. The normalized spacial score (nSPS) is 19.9. The molecule has 1 aliphatic heterocycles. The third kappa shape index (κ3) is 6.20. The molecule has 1 aromatic carbocycles. The number of benzene rings is 1. The highest BCUT2D eigenvalue weighted by atomic mass is 35.5. The van der Waals surface area contributed by atoms with Crippen LogP contribution in [0.2, 0.25) is 10.0 Å². The monoisotopic (exact) mass is 505 g/mol. The predicted molar refractivity (Wildman–Crippen MR) is 132 cm³/mol. The molecule has 4 rings (SSSR count). The van der Waals surface area contributed by atoms with Crippen LogP contribution in [-0.2, 0) is 22.4 Å². The number of fused-ring (bicyclic) bond motifs is 1. The number of aliphatic carboxylic acids is 1. The van der Waals surface area contributed by atoms with Crippen molar-refractivity contribution in [1.29, 1.82) is 0 Å². The number of ether oxygens (including phenoxy) is 1. The molecule has 2 aliphatic rings. The molecule has 0 saturated heterocycles. The highest BCUT2D eigenvalue weighted by molar-refractivity contribution is 6.39. The van der Waals surface area contributed by atoms with E-state index in [0.717, 1.165) is 56.6 Å². The first-order valence-corrected chi connectivity index (χ1v) is 12.5. The Bertz CT molecular complexity index is 1020. The molecule has 1 saturated carbocycles. The van der Waals surface area contributed by atoms with Crippen LogP contribution in [0.15, 0.2) is 30.3 Å². The second kappa shape index (κ2) is 11.4. The number of aromatic nitrogens is 1. The van der Waals surface area contributed by atoms with Gasteiger partial charge in [0.1, 0.15) is 11.9 Å². The molecule has 2 aromatic rings. The van der Waals surface area contributed by atoms with Gasteiger partial charge in [-0.3, -0.25) is 4.79 Å². The Kier molecular flexibility index (Phi) is 8.29. The van der Waals surface area contributed by atoms with Gasteiger partial charge in [0.05, 0.1) is 21.7 Å². The van der Waals surface area contributed by atoms with Crippen LogP contribution in [-0.4, -0.2) is 47.3 Å². The van der Waals surface area contributed by atoms with E-state index in [1.54, 1.807) is 18.2 Å². The van der Waals surface area contributed by atoms with Gasteiger partial charge in [0.2, 0.25) is 0 Å². The number of carboxylic acid groups (broad SMARTS) is 1. The van der Waals surface area contributed by atoms with E-state index in [0.29, 0.717) is 13.0 Å². The van der Waals surface area contributed by atoms with Gasteiger partial charge in [0, 0.05) is 18.8 Å². The van der Waals surface area contributed by atoms with Crippen LogP contribution in [0.4, 0.5) is 5.82 Å². The molecule has 1 fully saturated rings. The number of nitrogens with zero attached hydrogens (tertiary/aromatic N) is 1. The van der Waals surface area contributed by atoms with Gasteiger partial charge in [-0.05, 0) is 74.6 Å². The fourth-order valence-electron chi connectivity index (χ4n) is 4.51. The molecule has 9 heteroatoms. The lowest BCUT2D eigenvalue weighted by Crippen LogP contribution is -2.45. The lowest BCUT2D eigenvalue weighted by atomic mass is 9.78. The zero-order chi connectivity index (χ0) is 24.1. The van der Waals surface area contributed by atoms with Crippen molar-refractivity contribution in [3.8, 4) is 0 Å². The molecular formula is C25H29Cl2N3O4. The van der Waals surface area contributed by atoms with Crippen LogP contribution in [0.3, 0.4) is 0 Å². The van der Waals surface area contributed by atoms with Gasteiger partial charge in [0.25, 0.3) is 5.91 Å². The number of carboxylic acids is 1. The predicted octanol–water partition coefficient (Wildman–Crippen LogP) is 4.75. The number of aryl methyl sites for hydroxylation is 2. The van der Waals surface area contributed by atoms with Crippen molar-refractivity contribution in [2.75, 3.05) is 18.5 Å². The van der Waals surface area contributed by atoms with Gasteiger partial charge in [0.15, 0.2) is 0 Å². The molecule has 1 unspecified atom stereocenters. The number of amides is 1. The molecule has 34 heavy (non-hydrogen) atoms. The van der Waals surface area contributed by atoms with Crippen molar-refractivity contribution < 1.29 is 19.4 Å². The first-order chi connectivity index (χ1) is 16.4. The smallest absolute Gasteiger partial charge is 0.326 e. The average Bonchev–Trinajstić information content (AvgIpc) is 2.78. The van der Waals surface area contributed by atoms with Crippen molar-refractivity contribution in [2.24, 2.45) is 5.92 Å². The number of hydrogen-bond donors (Lipinski definition) is 3. The zero-order valence-electron chi connectivity index (χ0n) is 18.9. The van der Waals surface area contributed by atoms with Crippen LogP contribution >= 0.6 is 23.2 Å². The van der Waals surface area contributed by atoms with Gasteiger partial charge < -0.3 is 20.5 Å². The fourth-order valence-corrected chi connectivity index (χ4v) is 5.08. The largest absolute Gasteiger partial charge is 0.480 e. The second-order valence-electron chi connectivity index (χ2n) is 8.97. The van der Waals surface area contributed by atoms with Gasteiger partial charge in [-0.1, -0.05) is 35.3 Å². The zero-order valence-corrected chi connectivity index (χ0v) is 20.4. The van der Waals surface area contributed by atoms with E-state index < -0.39 is 17.9 Å². The third-order valence-corrected chi connectivity index (χ3v) is 7.07. The summed E-state index contributed by atoms with van der Waals surface area (Å²) in [5.74, 6) is -0.459. The summed E-state index contributed by atoms with van der Waals surface area (Å²) in [6.07, 6.45) is 6.03. The second-order valence-corrected chi connectivity index (χ2v) is 9.79. The average molecular weight is 506 g/mol. The summed E-state index contributed by atoms with van der Waals surface area (Å²) >= 11 is 12.1. The number of hydrogen-bond acceptors (Lipinski definition) is 5. The van der Waals surface area contributed by atoms with Crippen LogP contribution in [0.25, 0.3) is 0 Å². The van der Waals surface area contributed by atoms with E-state index in [1.165, 1.54) is 5.56 Å². The summed E-state index contributed by atoms with van der Waals surface area (Å²) in [4.78, 5) is 29.0. The van der Waals surface area contributed by atoms with Gasteiger partial charge in [-0.25, -0.2) is 9.78 Å². The number of rotatable bonds is 10. The minimum absolute atomic E-state index is 0.0936. The lowest BCUT2D eigenvalue weighted by molar-refractivity contribution is -0.140. The molecule has 0 spiro atoms. The summed E-state index contributed by atoms with van der Waals surface area (Å²) < 4.78 is 5.95. The summed E-state index contributed by atoms with van der Waals surface area (Å²) in [6.45, 7) is 1.63. The van der Waals surface area contributed by atoms with E-state index in [2.05, 4.69) is 22.8 Å². The number of halogens is 2. The van der Waals surface area contributed by atoms with Crippen LogP contribution in [0.1, 0.15) is 53.7 Å². The van der Waals surface area contributed by atoms with Gasteiger partial charge in [-0.15, -0.1) is 0 Å². The fraction of sp³-hybridized carbons (Fsp3) is 0.480. The Labute approximate surface area is 209 Å². The van der Waals surface area contributed by atoms with Crippen molar-refractivity contribution in [3.05, 3.63) is 57.2 Å². The Morgan fingerprint density at radius 2 is 1.97 bits per heavy atom. The van der Waals surface area contributed by atoms with Gasteiger partial charge >= 0.3 is 5.97 Å². The van der Waals surface area contributed by atoms with E-state index in [4.69, 9.17) is 32.9 Å². The summed E-state index contributed by atoms with van der Waals surface area (Å²) in [5.41, 5.74) is 2.45. The number of carbonyl (C=O) groups excluding carboxylic acids is 1. The maximum Gasteiger partial charge on any atom is 0.326 e. The lowest BCUT2D eigenvalue weighted by Gasteiger charge is -2.36. The Morgan fingerprint density at radius 1 is 1.21 bits per heavy atom. The molecule has 0 bridgehead atoms. The Morgan fingerprint density at radius 3 is 2.71 bits per heavy atom. The van der Waals surface area contributed by atoms with Crippen LogP contribution in [0, 0.1) is 5.92 Å². The minimum Gasteiger partial charge on any atom is -0.480 e. The first kappa shape index (κ1) is 24.8. The summed E-state index contributed by atoms with van der Waals surface area (Å²) in [7, 11) is 0. The number of anilines is 1. The Hall–Kier alpha value is -2.35. The highest BCUT2D eigenvalue weighted by Crippen LogP contribution is 2.34. The molecule has 1 aromatic heterocycles. The van der Waals surface area contributed by atoms with E-state index in [9.17, 15) is 14.7 Å². The molecule has 0 radical (unpaired) electrons. The maximum absolute atomic E-state index is 12.5. The molecule has 2 heterocycles. The highest BCUT2D eigenvalue weighted by Gasteiger charge is 2.34. The van der Waals surface area contributed by atoms with Crippen molar-refractivity contribution >= 4 is 40.9 Å². The van der Waals surface area contributed by atoms with Crippen molar-refractivity contribution in [1.82, 2.24) is 10.3 Å². The first-order valence-electron chi connectivity index (χ1n) is 11.7. The van der Waals surface area contributed by atoms with Crippen molar-refractivity contribution in [3.63, 3.8) is 0 Å². The molecule has 7 nitrogen and oxygen atoms in total. The van der Waals surface area contributed by atoms with E-state index >= 15 is 0 Å². The number of nitrogens with one attached hydrogen (secondary N) is 2. The van der Waals surface area contributed by atoms with Gasteiger partial charge in [-0.2, -0.15) is 0 Å². The maximum atomic E-state index is 12.5. The van der Waals surface area contributed by atoms with Crippen LogP contribution in [0.5, 0.6) is 0 Å². The van der Waals surface area contributed by atoms with E-state index in [1.807, 2.05) is 0 Å². The van der Waals surface area contributed by atoms with Crippen LogP contribution < -0.4 is 10.6 Å². The number of pyridine rings is 1. The van der Waals surface area contributed by atoms with E-state index in [-0.39, 0.29) is 27.6 Å². The minimum atomic E-state index is -1.08. The molecule has 1 amide bonds. The topological polar surface area (TPSA) is 101 Å². The molecular weight excluding hydrogens is 477 g/mol. The molecule has 182 valence electrons. The van der Waals surface area contributed by atoms with Crippen molar-refractivity contribution in [2.45, 2.75) is 57.1 Å². The summed E-state index contributed by atoms with van der Waals surface area (Å²) in [6, 6.07) is 7.98. The quantitative estimate of drug-likeness (QED) is 0.403.